The first-order valence-electron chi connectivity index (χ1n) is 9.75. The molecule has 0 aromatic carbocycles. The van der Waals surface area contributed by atoms with E-state index in [1.54, 1.807) is 6.07 Å². The number of amides is 1. The molecule has 2 aromatic rings. The lowest BCUT2D eigenvalue weighted by atomic mass is 10.1. The molecule has 0 radical (unpaired) electrons. The van der Waals surface area contributed by atoms with E-state index in [0.29, 0.717) is 11.6 Å². The number of aryl methyl sites for hydroxylation is 3. The van der Waals surface area contributed by atoms with Gasteiger partial charge in [0.2, 0.25) is 5.95 Å². The van der Waals surface area contributed by atoms with Crippen LogP contribution in [-0.2, 0) is 13.5 Å². The quantitative estimate of drug-likeness (QED) is 0.875. The van der Waals surface area contributed by atoms with Gasteiger partial charge in [0.1, 0.15) is 5.69 Å². The van der Waals surface area contributed by atoms with E-state index in [0.717, 1.165) is 49.4 Å². The van der Waals surface area contributed by atoms with Gasteiger partial charge in [-0.3, -0.25) is 9.48 Å². The Hall–Kier alpha value is -2.44. The van der Waals surface area contributed by atoms with Gasteiger partial charge in [-0.1, -0.05) is 0 Å². The molecule has 0 aliphatic carbocycles. The Bertz CT molecular complexity index is 822. The Kier molecular flexibility index (Phi) is 5.77. The minimum absolute atomic E-state index is 0.00666. The van der Waals surface area contributed by atoms with Crippen LogP contribution in [0.2, 0.25) is 0 Å². The van der Waals surface area contributed by atoms with Crippen LogP contribution in [0, 0.1) is 20.8 Å². The number of piperidine rings is 1. The second kappa shape index (κ2) is 8.06. The van der Waals surface area contributed by atoms with Crippen molar-refractivity contribution >= 4 is 11.9 Å². The first-order valence-corrected chi connectivity index (χ1v) is 9.75. The molecule has 7 nitrogen and oxygen atoms in total. The fourth-order valence-corrected chi connectivity index (χ4v) is 3.67. The molecule has 0 saturated carbocycles. The highest BCUT2D eigenvalue weighted by atomic mass is 16.1. The number of carbonyl (C=O) groups excluding carboxylic acids is 1. The van der Waals surface area contributed by atoms with E-state index in [2.05, 4.69) is 32.2 Å². The molecule has 146 valence electrons. The fraction of sp³-hybridized carbons (Fsp3) is 0.600. The zero-order valence-electron chi connectivity index (χ0n) is 17.0. The maximum Gasteiger partial charge on any atom is 0.270 e. The highest BCUT2D eigenvalue weighted by Crippen LogP contribution is 2.17. The molecule has 1 atom stereocenters. The molecule has 27 heavy (non-hydrogen) atoms. The molecule has 1 aliphatic rings. The Morgan fingerprint density at radius 3 is 2.52 bits per heavy atom. The van der Waals surface area contributed by atoms with Crippen LogP contribution in [0.1, 0.15) is 59.3 Å². The Labute approximate surface area is 161 Å². The van der Waals surface area contributed by atoms with Gasteiger partial charge in [-0.05, 0) is 65.0 Å². The number of nitrogens with zero attached hydrogens (tertiary/aromatic N) is 5. The predicted molar refractivity (Wildman–Crippen MR) is 106 cm³/mol. The van der Waals surface area contributed by atoms with E-state index in [1.165, 1.54) is 12.0 Å². The summed E-state index contributed by atoms with van der Waals surface area (Å²) in [6, 6.07) is 1.75. The Morgan fingerprint density at radius 1 is 1.19 bits per heavy atom. The molecule has 2 aromatic heterocycles. The van der Waals surface area contributed by atoms with Gasteiger partial charge in [0.05, 0.1) is 5.69 Å². The van der Waals surface area contributed by atoms with Crippen LogP contribution in [-0.4, -0.2) is 44.8 Å². The lowest BCUT2D eigenvalue weighted by molar-refractivity contribution is 0.0934. The third kappa shape index (κ3) is 4.46. The second-order valence-corrected chi connectivity index (χ2v) is 7.59. The van der Waals surface area contributed by atoms with Crippen molar-refractivity contribution in [3.05, 3.63) is 34.4 Å². The van der Waals surface area contributed by atoms with Crippen LogP contribution >= 0.6 is 0 Å². The molecule has 1 saturated heterocycles. The molecule has 1 N–H and O–H groups in total. The van der Waals surface area contributed by atoms with Crippen molar-refractivity contribution in [1.82, 2.24) is 25.1 Å². The largest absolute Gasteiger partial charge is 0.348 e. The Morgan fingerprint density at radius 2 is 1.89 bits per heavy atom. The number of anilines is 1. The predicted octanol–water partition coefficient (Wildman–Crippen LogP) is 2.49. The van der Waals surface area contributed by atoms with Crippen LogP contribution < -0.4 is 10.2 Å². The van der Waals surface area contributed by atoms with Crippen molar-refractivity contribution in [3.8, 4) is 0 Å². The van der Waals surface area contributed by atoms with E-state index in [4.69, 9.17) is 0 Å². The van der Waals surface area contributed by atoms with Crippen molar-refractivity contribution in [2.75, 3.05) is 18.0 Å². The number of carbonyl (C=O) groups is 1. The van der Waals surface area contributed by atoms with E-state index in [1.807, 2.05) is 32.5 Å². The van der Waals surface area contributed by atoms with Gasteiger partial charge in [0.25, 0.3) is 5.91 Å². The van der Waals surface area contributed by atoms with Crippen molar-refractivity contribution in [2.45, 2.75) is 59.4 Å². The van der Waals surface area contributed by atoms with Gasteiger partial charge < -0.3 is 10.2 Å². The summed E-state index contributed by atoms with van der Waals surface area (Å²) in [6.07, 6.45) is 4.31. The van der Waals surface area contributed by atoms with Gasteiger partial charge in [0.15, 0.2) is 0 Å². The standard InChI is InChI=1S/C20H30N6O/c1-13(11-17-15(3)24-25(5)16(17)4)21-19(27)18-12-14(2)22-20(23-18)26-9-7-6-8-10-26/h12-13H,6-11H2,1-5H3,(H,21,27). The second-order valence-electron chi connectivity index (χ2n) is 7.59. The summed E-state index contributed by atoms with van der Waals surface area (Å²) in [4.78, 5) is 24.0. The van der Waals surface area contributed by atoms with E-state index in [9.17, 15) is 4.79 Å². The molecule has 1 aliphatic heterocycles. The van der Waals surface area contributed by atoms with Crippen LogP contribution in [0.15, 0.2) is 6.07 Å². The molecule has 1 unspecified atom stereocenters. The maximum atomic E-state index is 12.8. The molecule has 3 rings (SSSR count). The molecule has 7 heteroatoms. The third-order valence-electron chi connectivity index (χ3n) is 5.26. The van der Waals surface area contributed by atoms with E-state index < -0.39 is 0 Å². The molecule has 3 heterocycles. The van der Waals surface area contributed by atoms with E-state index in [-0.39, 0.29) is 11.9 Å². The highest BCUT2D eigenvalue weighted by Gasteiger charge is 2.19. The first-order chi connectivity index (χ1) is 12.8. The smallest absolute Gasteiger partial charge is 0.270 e. The van der Waals surface area contributed by atoms with Gasteiger partial charge in [0, 0.05) is 37.6 Å². The molecular weight excluding hydrogens is 340 g/mol. The van der Waals surface area contributed by atoms with Crippen molar-refractivity contribution in [1.29, 1.82) is 0 Å². The summed E-state index contributed by atoms with van der Waals surface area (Å²) in [7, 11) is 1.95. The maximum absolute atomic E-state index is 12.8. The third-order valence-corrected chi connectivity index (χ3v) is 5.26. The Balaban J connectivity index is 1.70. The van der Waals surface area contributed by atoms with Crippen LogP contribution in [0.25, 0.3) is 0 Å². The number of nitrogens with one attached hydrogen (secondary N) is 1. The number of rotatable bonds is 5. The zero-order valence-corrected chi connectivity index (χ0v) is 17.0. The van der Waals surface area contributed by atoms with Crippen LogP contribution in [0.5, 0.6) is 0 Å². The SMILES string of the molecule is Cc1cc(C(=O)NC(C)Cc2c(C)nn(C)c2C)nc(N2CCCCC2)n1. The van der Waals surface area contributed by atoms with Gasteiger partial charge >= 0.3 is 0 Å². The molecular formula is C20H30N6O. The van der Waals surface area contributed by atoms with Crippen molar-refractivity contribution in [3.63, 3.8) is 0 Å². The molecule has 0 spiro atoms. The van der Waals surface area contributed by atoms with Crippen molar-refractivity contribution in [2.24, 2.45) is 7.05 Å². The minimum Gasteiger partial charge on any atom is -0.348 e. The van der Waals surface area contributed by atoms with Crippen molar-refractivity contribution < 1.29 is 4.79 Å². The summed E-state index contributed by atoms with van der Waals surface area (Å²) in [5.74, 6) is 0.525. The van der Waals surface area contributed by atoms with Gasteiger partial charge in [-0.2, -0.15) is 5.10 Å². The van der Waals surface area contributed by atoms with Crippen LogP contribution in [0.3, 0.4) is 0 Å². The molecule has 1 amide bonds. The first kappa shape index (κ1) is 19.3. The van der Waals surface area contributed by atoms with E-state index >= 15 is 0 Å². The monoisotopic (exact) mass is 370 g/mol. The van der Waals surface area contributed by atoms with Crippen LogP contribution in [0.4, 0.5) is 5.95 Å². The summed E-state index contributed by atoms with van der Waals surface area (Å²) in [5, 5.41) is 7.53. The number of hydrogen-bond donors (Lipinski definition) is 1. The normalized spacial score (nSPS) is 15.7. The lowest BCUT2D eigenvalue weighted by Crippen LogP contribution is -2.36. The summed E-state index contributed by atoms with van der Waals surface area (Å²) < 4.78 is 1.89. The lowest BCUT2D eigenvalue weighted by Gasteiger charge is -2.27. The average molecular weight is 371 g/mol. The van der Waals surface area contributed by atoms with Gasteiger partial charge in [-0.25, -0.2) is 9.97 Å². The number of aromatic nitrogens is 4. The minimum atomic E-state index is -0.148. The average Bonchev–Trinajstić information content (AvgIpc) is 2.88. The molecule has 1 fully saturated rings. The fourth-order valence-electron chi connectivity index (χ4n) is 3.67. The van der Waals surface area contributed by atoms with Gasteiger partial charge in [-0.15, -0.1) is 0 Å². The molecule has 0 bridgehead atoms. The zero-order chi connectivity index (χ0) is 19.6. The highest BCUT2D eigenvalue weighted by molar-refractivity contribution is 5.92. The topological polar surface area (TPSA) is 75.9 Å². The summed E-state index contributed by atoms with van der Waals surface area (Å²) >= 11 is 0. The summed E-state index contributed by atoms with van der Waals surface area (Å²) in [5.41, 5.74) is 4.61. The number of hydrogen-bond acceptors (Lipinski definition) is 5. The summed E-state index contributed by atoms with van der Waals surface area (Å²) in [6.45, 7) is 9.92.